The van der Waals surface area contributed by atoms with Gasteiger partial charge in [-0.25, -0.2) is 14.8 Å². The molecule has 0 aliphatic heterocycles. The van der Waals surface area contributed by atoms with E-state index in [4.69, 9.17) is 9.47 Å². The van der Waals surface area contributed by atoms with Crippen LogP contribution in [0.25, 0.3) is 5.65 Å². The van der Waals surface area contributed by atoms with Gasteiger partial charge in [-0.3, -0.25) is 0 Å². The maximum absolute atomic E-state index is 12.5. The summed E-state index contributed by atoms with van der Waals surface area (Å²) in [5, 5.41) is 0. The summed E-state index contributed by atoms with van der Waals surface area (Å²) in [6, 6.07) is 11.1. The van der Waals surface area contributed by atoms with Crippen molar-refractivity contribution in [2.75, 3.05) is 0 Å². The van der Waals surface area contributed by atoms with E-state index >= 15 is 0 Å². The molecule has 0 aliphatic rings. The lowest BCUT2D eigenvalue weighted by molar-refractivity contribution is 0.0471. The van der Waals surface area contributed by atoms with Crippen LogP contribution in [0, 0.1) is 13.8 Å². The second-order valence-corrected chi connectivity index (χ2v) is 7.37. The molecule has 6 nitrogen and oxygen atoms in total. The topological polar surface area (TPSA) is 65.7 Å². The van der Waals surface area contributed by atoms with Crippen LogP contribution in [0.3, 0.4) is 0 Å². The van der Waals surface area contributed by atoms with Gasteiger partial charge < -0.3 is 13.9 Å². The molecule has 0 atom stereocenters. The van der Waals surface area contributed by atoms with E-state index in [1.165, 1.54) is 11.3 Å². The number of esters is 1. The molecule has 3 heterocycles. The van der Waals surface area contributed by atoms with E-state index < -0.39 is 5.97 Å². The molecule has 1 aromatic carbocycles. The molecule has 0 aliphatic carbocycles. The number of fused-ring (bicyclic) bond motifs is 1. The van der Waals surface area contributed by atoms with E-state index in [0.717, 1.165) is 27.5 Å². The first-order valence-corrected chi connectivity index (χ1v) is 9.70. The monoisotopic (exact) mass is 393 g/mol. The van der Waals surface area contributed by atoms with Crippen LogP contribution in [-0.2, 0) is 18.0 Å². The first-order chi connectivity index (χ1) is 13.6. The van der Waals surface area contributed by atoms with Gasteiger partial charge in [0.25, 0.3) is 0 Å². The van der Waals surface area contributed by atoms with E-state index in [0.29, 0.717) is 11.3 Å². The summed E-state index contributed by atoms with van der Waals surface area (Å²) in [5.41, 5.74) is 5.81. The Balaban J connectivity index is 1.46. The van der Waals surface area contributed by atoms with Gasteiger partial charge in [0.05, 0.1) is 21.8 Å². The SMILES string of the molecule is Cc1ccc2nc(COc3ccccc3C(=O)OCc3scnc3C)cn2c1. The van der Waals surface area contributed by atoms with Crippen molar-refractivity contribution in [3.8, 4) is 5.75 Å². The number of hydrogen-bond donors (Lipinski definition) is 0. The van der Waals surface area contributed by atoms with Gasteiger partial charge in [-0.2, -0.15) is 0 Å². The molecule has 142 valence electrons. The Bertz CT molecular complexity index is 1130. The van der Waals surface area contributed by atoms with Gasteiger partial charge in [0.15, 0.2) is 0 Å². The Hall–Kier alpha value is -3.19. The zero-order chi connectivity index (χ0) is 19.5. The lowest BCUT2D eigenvalue weighted by Crippen LogP contribution is -2.08. The third-order valence-electron chi connectivity index (χ3n) is 4.31. The standard InChI is InChI=1S/C21H19N3O3S/c1-14-7-8-20-23-16(10-24(20)9-14)11-26-18-6-4-3-5-17(18)21(25)27-12-19-15(2)22-13-28-19/h3-10,13H,11-12H2,1-2H3. The zero-order valence-electron chi connectivity index (χ0n) is 15.6. The van der Waals surface area contributed by atoms with E-state index in [9.17, 15) is 4.79 Å². The van der Waals surface area contributed by atoms with Crippen LogP contribution in [0.2, 0.25) is 0 Å². The van der Waals surface area contributed by atoms with Crippen molar-refractivity contribution < 1.29 is 14.3 Å². The van der Waals surface area contributed by atoms with E-state index in [2.05, 4.69) is 9.97 Å². The van der Waals surface area contributed by atoms with Gasteiger partial charge in [-0.1, -0.05) is 18.2 Å². The molecule has 0 spiro atoms. The molecule has 7 heteroatoms. The Morgan fingerprint density at radius 3 is 2.79 bits per heavy atom. The second-order valence-electron chi connectivity index (χ2n) is 6.43. The molecule has 0 radical (unpaired) electrons. The zero-order valence-corrected chi connectivity index (χ0v) is 16.4. The molecule has 0 unspecified atom stereocenters. The largest absolute Gasteiger partial charge is 0.486 e. The average molecular weight is 393 g/mol. The third kappa shape index (κ3) is 3.89. The van der Waals surface area contributed by atoms with E-state index in [1.54, 1.807) is 23.7 Å². The Kier molecular flexibility index (Phi) is 5.08. The summed E-state index contributed by atoms with van der Waals surface area (Å²) in [7, 11) is 0. The number of rotatable bonds is 6. The van der Waals surface area contributed by atoms with Crippen molar-refractivity contribution >= 4 is 23.0 Å². The maximum atomic E-state index is 12.5. The molecule has 3 aromatic heterocycles. The lowest BCUT2D eigenvalue weighted by atomic mass is 10.2. The molecule has 0 saturated carbocycles. The summed E-state index contributed by atoms with van der Waals surface area (Å²) < 4.78 is 13.3. The number of thiazole rings is 1. The predicted octanol–water partition coefficient (Wildman–Crippen LogP) is 4.34. The molecule has 0 bridgehead atoms. The number of para-hydroxylation sites is 1. The third-order valence-corrected chi connectivity index (χ3v) is 5.22. The Morgan fingerprint density at radius 1 is 1.11 bits per heavy atom. The number of pyridine rings is 1. The highest BCUT2D eigenvalue weighted by Gasteiger charge is 2.15. The first-order valence-electron chi connectivity index (χ1n) is 8.82. The minimum Gasteiger partial charge on any atom is -0.486 e. The minimum atomic E-state index is -0.422. The fourth-order valence-corrected chi connectivity index (χ4v) is 3.50. The van der Waals surface area contributed by atoms with Crippen molar-refractivity contribution in [2.24, 2.45) is 0 Å². The molecule has 28 heavy (non-hydrogen) atoms. The van der Waals surface area contributed by atoms with Crippen molar-refractivity contribution in [3.63, 3.8) is 0 Å². The van der Waals surface area contributed by atoms with Crippen molar-refractivity contribution in [3.05, 3.63) is 81.7 Å². The number of hydrogen-bond acceptors (Lipinski definition) is 6. The number of aryl methyl sites for hydroxylation is 2. The number of imidazole rings is 1. The fourth-order valence-electron chi connectivity index (χ4n) is 2.81. The number of benzene rings is 1. The summed E-state index contributed by atoms with van der Waals surface area (Å²) >= 11 is 1.47. The number of carbonyl (C=O) groups is 1. The van der Waals surface area contributed by atoms with Gasteiger partial charge >= 0.3 is 5.97 Å². The number of aromatic nitrogens is 3. The van der Waals surface area contributed by atoms with Crippen molar-refractivity contribution in [2.45, 2.75) is 27.1 Å². The van der Waals surface area contributed by atoms with Crippen molar-refractivity contribution in [1.29, 1.82) is 0 Å². The molecule has 4 rings (SSSR count). The summed E-state index contributed by atoms with van der Waals surface area (Å²) in [5.74, 6) is 0.0517. The summed E-state index contributed by atoms with van der Waals surface area (Å²) in [6.45, 7) is 4.40. The van der Waals surface area contributed by atoms with Crippen LogP contribution in [0.1, 0.15) is 32.2 Å². The summed E-state index contributed by atoms with van der Waals surface area (Å²) in [4.78, 5) is 22.2. The highest BCUT2D eigenvalue weighted by Crippen LogP contribution is 2.22. The van der Waals surface area contributed by atoms with Crippen LogP contribution in [-0.4, -0.2) is 20.3 Å². The molecule has 0 N–H and O–H groups in total. The van der Waals surface area contributed by atoms with Crippen LogP contribution in [0.4, 0.5) is 0 Å². The molecular formula is C21H19N3O3S. The molecular weight excluding hydrogens is 374 g/mol. The van der Waals surface area contributed by atoms with Gasteiger partial charge in [0, 0.05) is 12.4 Å². The lowest BCUT2D eigenvalue weighted by Gasteiger charge is -2.10. The highest BCUT2D eigenvalue weighted by molar-refractivity contribution is 7.09. The van der Waals surface area contributed by atoms with Crippen LogP contribution < -0.4 is 4.74 Å². The molecule has 0 fully saturated rings. The van der Waals surface area contributed by atoms with Gasteiger partial charge in [0.1, 0.15) is 30.2 Å². The molecule has 0 amide bonds. The van der Waals surface area contributed by atoms with Gasteiger partial charge in [-0.15, -0.1) is 11.3 Å². The first kappa shape index (κ1) is 18.2. The fraction of sp³-hybridized carbons (Fsp3) is 0.190. The molecule has 4 aromatic rings. The van der Waals surface area contributed by atoms with Crippen LogP contribution in [0.15, 0.2) is 54.3 Å². The van der Waals surface area contributed by atoms with E-state index in [-0.39, 0.29) is 13.2 Å². The summed E-state index contributed by atoms with van der Waals surface area (Å²) in [6.07, 6.45) is 3.94. The Labute approximate surface area is 166 Å². The Morgan fingerprint density at radius 2 is 1.96 bits per heavy atom. The predicted molar refractivity (Wildman–Crippen MR) is 107 cm³/mol. The number of ether oxygens (including phenoxy) is 2. The van der Waals surface area contributed by atoms with Gasteiger partial charge in [-0.05, 0) is 37.6 Å². The van der Waals surface area contributed by atoms with E-state index in [1.807, 2.05) is 48.8 Å². The smallest absolute Gasteiger partial charge is 0.342 e. The van der Waals surface area contributed by atoms with Gasteiger partial charge in [0.2, 0.25) is 0 Å². The molecule has 0 saturated heterocycles. The average Bonchev–Trinajstić information content (AvgIpc) is 3.29. The van der Waals surface area contributed by atoms with Crippen LogP contribution >= 0.6 is 11.3 Å². The minimum absolute atomic E-state index is 0.204. The maximum Gasteiger partial charge on any atom is 0.342 e. The normalized spacial score (nSPS) is 10.9. The number of carbonyl (C=O) groups excluding carboxylic acids is 1. The van der Waals surface area contributed by atoms with Crippen LogP contribution in [0.5, 0.6) is 5.75 Å². The van der Waals surface area contributed by atoms with Crippen molar-refractivity contribution in [1.82, 2.24) is 14.4 Å². The quantitative estimate of drug-likeness (QED) is 0.456. The second kappa shape index (κ2) is 7.82. The number of nitrogens with zero attached hydrogens (tertiary/aromatic N) is 3. The highest BCUT2D eigenvalue weighted by atomic mass is 32.1.